The lowest BCUT2D eigenvalue weighted by Crippen LogP contribution is -2.42. The van der Waals surface area contributed by atoms with Gasteiger partial charge in [0.2, 0.25) is 5.95 Å². The van der Waals surface area contributed by atoms with Crippen molar-refractivity contribution in [2.24, 2.45) is 16.1 Å². The fraction of sp³-hybridized carbons (Fsp3) is 0.500. The van der Waals surface area contributed by atoms with Gasteiger partial charge in [0, 0.05) is 49.9 Å². The molecule has 52 heavy (non-hydrogen) atoms. The number of nitrogens with one attached hydrogen (secondary N) is 2. The third kappa shape index (κ3) is 8.56. The number of pyridine rings is 1. The second-order valence-electron chi connectivity index (χ2n) is 14.9. The first-order valence-corrected chi connectivity index (χ1v) is 18.5. The van der Waals surface area contributed by atoms with Crippen molar-refractivity contribution in [3.05, 3.63) is 77.9 Å². The number of carbonyl (C=O) groups excluding carboxylic acids is 1. The summed E-state index contributed by atoms with van der Waals surface area (Å²) in [7, 11) is 0. The molecule has 7 rings (SSSR count). The summed E-state index contributed by atoms with van der Waals surface area (Å²) in [5, 5.41) is 19.5. The number of urea groups is 1. The number of anilines is 1. The van der Waals surface area contributed by atoms with Gasteiger partial charge in [0.15, 0.2) is 5.65 Å². The normalized spacial score (nSPS) is 20.5. The van der Waals surface area contributed by atoms with E-state index in [0.717, 1.165) is 100 Å². The number of fused-ring (bicyclic) bond motifs is 2. The number of nitrogens with two attached hydrogens (primary N) is 1. The fourth-order valence-corrected chi connectivity index (χ4v) is 6.94. The van der Waals surface area contributed by atoms with Crippen LogP contribution in [0.25, 0.3) is 5.65 Å². The summed E-state index contributed by atoms with van der Waals surface area (Å²) in [6.07, 6.45) is 12.1. The van der Waals surface area contributed by atoms with Crippen molar-refractivity contribution in [2.45, 2.75) is 71.6 Å². The van der Waals surface area contributed by atoms with Crippen LogP contribution in [0, 0.1) is 5.41 Å². The van der Waals surface area contributed by atoms with E-state index in [1.165, 1.54) is 6.42 Å². The molecule has 2 fully saturated rings. The SMILES string of the molecule is CC(C)(C)C(N)=CC(=Nc1cnn(CCN2CCOCC2)c1)NC(=O)N[C@H]1CC[C@@H](Oc2ccc3nnc(N4CCCCC4)n3c2)c2ccccc21. The number of morpholine rings is 1. The monoisotopic (exact) mass is 709 g/mol. The van der Waals surface area contributed by atoms with E-state index in [1.54, 1.807) is 12.3 Å². The molecule has 2 amide bonds. The fourth-order valence-electron chi connectivity index (χ4n) is 6.94. The van der Waals surface area contributed by atoms with Crippen LogP contribution in [0.4, 0.5) is 16.4 Å². The summed E-state index contributed by atoms with van der Waals surface area (Å²) in [4.78, 5) is 23.0. The third-order valence-electron chi connectivity index (χ3n) is 10.0. The molecule has 0 bridgehead atoms. The van der Waals surface area contributed by atoms with Crippen molar-refractivity contribution in [3.63, 3.8) is 0 Å². The molecule has 2 atom stereocenters. The maximum absolute atomic E-state index is 13.6. The minimum atomic E-state index is -0.362. The van der Waals surface area contributed by atoms with Gasteiger partial charge in [0.1, 0.15) is 23.4 Å². The Morgan fingerprint density at radius 1 is 1.00 bits per heavy atom. The van der Waals surface area contributed by atoms with E-state index >= 15 is 0 Å². The summed E-state index contributed by atoms with van der Waals surface area (Å²) < 4.78 is 16.0. The van der Waals surface area contributed by atoms with Crippen LogP contribution in [-0.2, 0) is 11.3 Å². The number of aromatic nitrogens is 5. The zero-order valence-electron chi connectivity index (χ0n) is 30.5. The topological polar surface area (TPSA) is 152 Å². The van der Waals surface area contributed by atoms with E-state index in [2.05, 4.69) is 47.9 Å². The molecular formula is C38H51N11O3. The molecule has 3 aliphatic rings. The number of amidine groups is 1. The van der Waals surface area contributed by atoms with Crippen molar-refractivity contribution in [1.29, 1.82) is 0 Å². The third-order valence-corrected chi connectivity index (χ3v) is 10.0. The molecule has 1 aliphatic carbocycles. The Hall–Kier alpha value is -4.95. The maximum Gasteiger partial charge on any atom is 0.320 e. The second kappa shape index (κ2) is 15.7. The molecule has 0 unspecified atom stereocenters. The van der Waals surface area contributed by atoms with Crippen LogP contribution in [0.2, 0.25) is 0 Å². The molecule has 1 aromatic carbocycles. The van der Waals surface area contributed by atoms with Gasteiger partial charge in [-0.3, -0.25) is 19.3 Å². The largest absolute Gasteiger partial charge is 0.484 e. The first-order valence-electron chi connectivity index (χ1n) is 18.5. The summed E-state index contributed by atoms with van der Waals surface area (Å²) in [5.41, 5.74) is 10.3. The molecule has 4 N–H and O–H groups in total. The number of ether oxygens (including phenoxy) is 2. The number of rotatable bonds is 9. The number of amides is 2. The molecule has 2 aliphatic heterocycles. The van der Waals surface area contributed by atoms with Crippen LogP contribution < -0.4 is 26.0 Å². The van der Waals surface area contributed by atoms with Gasteiger partial charge in [-0.25, -0.2) is 9.79 Å². The van der Waals surface area contributed by atoms with Crippen molar-refractivity contribution >= 4 is 29.1 Å². The Morgan fingerprint density at radius 3 is 2.58 bits per heavy atom. The predicted octanol–water partition coefficient (Wildman–Crippen LogP) is 5.12. The molecular weight excluding hydrogens is 658 g/mol. The molecule has 14 nitrogen and oxygen atoms in total. The molecule has 0 radical (unpaired) electrons. The second-order valence-corrected chi connectivity index (χ2v) is 14.9. The molecule has 276 valence electrons. The van der Waals surface area contributed by atoms with E-state index in [9.17, 15) is 4.79 Å². The Balaban J connectivity index is 1.04. The lowest BCUT2D eigenvalue weighted by atomic mass is 9.85. The van der Waals surface area contributed by atoms with E-state index in [-0.39, 0.29) is 23.6 Å². The van der Waals surface area contributed by atoms with Crippen LogP contribution >= 0.6 is 0 Å². The molecule has 3 aromatic heterocycles. The Morgan fingerprint density at radius 2 is 1.79 bits per heavy atom. The van der Waals surface area contributed by atoms with Gasteiger partial charge in [-0.1, -0.05) is 45.0 Å². The minimum absolute atomic E-state index is 0.170. The van der Waals surface area contributed by atoms with E-state index in [0.29, 0.717) is 23.6 Å². The van der Waals surface area contributed by atoms with Crippen molar-refractivity contribution in [2.75, 3.05) is 50.8 Å². The zero-order chi connectivity index (χ0) is 36.1. The highest BCUT2D eigenvalue weighted by atomic mass is 16.5. The van der Waals surface area contributed by atoms with Gasteiger partial charge in [-0.05, 0) is 55.4 Å². The highest BCUT2D eigenvalue weighted by Gasteiger charge is 2.30. The van der Waals surface area contributed by atoms with Gasteiger partial charge >= 0.3 is 6.03 Å². The van der Waals surface area contributed by atoms with Gasteiger partial charge in [-0.15, -0.1) is 10.2 Å². The van der Waals surface area contributed by atoms with Gasteiger partial charge in [0.25, 0.3) is 0 Å². The lowest BCUT2D eigenvalue weighted by molar-refractivity contribution is 0.0360. The van der Waals surface area contributed by atoms with Crippen LogP contribution in [0.15, 0.2) is 71.8 Å². The quantitative estimate of drug-likeness (QED) is 0.159. The van der Waals surface area contributed by atoms with Crippen LogP contribution in [0.3, 0.4) is 0 Å². The minimum Gasteiger partial charge on any atom is -0.484 e. The number of carbonyl (C=O) groups is 1. The average Bonchev–Trinajstić information content (AvgIpc) is 3.78. The lowest BCUT2D eigenvalue weighted by Gasteiger charge is -2.32. The standard InChI is InChI=1S/C38H51N11O3/c1-38(2,3)33(39)23-34(41-27-24-40-48(25-27)18-17-46-19-21-51-22-20-46)43-36(50)42-31-12-13-32(30-10-6-5-9-29(30)31)52-28-11-14-35-44-45-37(49(35)26-28)47-15-7-4-8-16-47/h5-6,9-11,14,23-26,31-32H,4,7-8,12-13,15-22,39H2,1-3H3,(H2,41,42,43,50)/t31-,32+/m0/s1. The number of hydrogen-bond acceptors (Lipinski definition) is 10. The molecule has 4 aromatic rings. The Bertz CT molecular complexity index is 1900. The van der Waals surface area contributed by atoms with Crippen LogP contribution in [0.5, 0.6) is 5.75 Å². The number of aliphatic imine (C=N–C) groups is 1. The van der Waals surface area contributed by atoms with Crippen molar-refractivity contribution in [3.8, 4) is 5.75 Å². The zero-order valence-corrected chi connectivity index (χ0v) is 30.5. The highest BCUT2D eigenvalue weighted by molar-refractivity contribution is 6.05. The summed E-state index contributed by atoms with van der Waals surface area (Å²) in [6, 6.07) is 11.5. The van der Waals surface area contributed by atoms with Gasteiger partial charge < -0.3 is 25.4 Å². The molecule has 14 heteroatoms. The molecule has 2 saturated heterocycles. The van der Waals surface area contributed by atoms with Gasteiger partial charge in [0.05, 0.1) is 44.4 Å². The van der Waals surface area contributed by atoms with Crippen molar-refractivity contribution < 1.29 is 14.3 Å². The maximum atomic E-state index is 13.6. The molecule has 5 heterocycles. The smallest absolute Gasteiger partial charge is 0.320 e. The molecule has 0 saturated carbocycles. The summed E-state index contributed by atoms with van der Waals surface area (Å²) >= 11 is 0. The van der Waals surface area contributed by atoms with Gasteiger partial charge in [-0.2, -0.15) is 5.10 Å². The Labute approximate surface area is 305 Å². The van der Waals surface area contributed by atoms with E-state index in [4.69, 9.17) is 20.2 Å². The Kier molecular flexibility index (Phi) is 10.7. The van der Waals surface area contributed by atoms with E-state index in [1.807, 2.05) is 66.5 Å². The van der Waals surface area contributed by atoms with Crippen LogP contribution in [0.1, 0.15) is 76.1 Å². The number of nitrogens with zero attached hydrogens (tertiary/aromatic N) is 8. The van der Waals surface area contributed by atoms with Crippen molar-refractivity contribution in [1.82, 2.24) is 39.9 Å². The van der Waals surface area contributed by atoms with Crippen LogP contribution in [-0.4, -0.2) is 87.1 Å². The molecule has 0 spiro atoms. The first kappa shape index (κ1) is 35.5. The summed E-state index contributed by atoms with van der Waals surface area (Å²) in [5.74, 6) is 1.96. The number of benzene rings is 1. The number of piperidine rings is 1. The first-order chi connectivity index (χ1) is 25.2. The number of hydrogen-bond donors (Lipinski definition) is 3. The van der Waals surface area contributed by atoms with E-state index < -0.39 is 0 Å². The summed E-state index contributed by atoms with van der Waals surface area (Å²) in [6.45, 7) is 13.0. The average molecular weight is 710 g/mol. The highest BCUT2D eigenvalue weighted by Crippen LogP contribution is 2.39. The number of allylic oxidation sites excluding steroid dienone is 1. The predicted molar refractivity (Wildman–Crippen MR) is 201 cm³/mol.